The first kappa shape index (κ1) is 13.1. The smallest absolute Gasteiger partial charge is 0.250 e. The van der Waals surface area contributed by atoms with Gasteiger partial charge in [0, 0.05) is 19.5 Å². The van der Waals surface area contributed by atoms with Gasteiger partial charge in [-0.05, 0) is 22.0 Å². The Hall–Kier alpha value is -0.980. The summed E-state index contributed by atoms with van der Waals surface area (Å²) in [5.74, 6) is -0.206. The molecule has 0 aliphatic heterocycles. The first-order valence-electron chi connectivity index (χ1n) is 4.70. The lowest BCUT2D eigenvalue weighted by atomic mass is 10.4. The van der Waals surface area contributed by atoms with Crippen molar-refractivity contribution in [2.75, 3.05) is 32.2 Å². The van der Waals surface area contributed by atoms with Gasteiger partial charge in [-0.15, -0.1) is 0 Å². The average Bonchev–Trinajstić information content (AvgIpc) is 2.28. The van der Waals surface area contributed by atoms with Gasteiger partial charge in [-0.2, -0.15) is 0 Å². The predicted molar refractivity (Wildman–Crippen MR) is 63.3 cm³/mol. The molecule has 6 heteroatoms. The van der Waals surface area contributed by atoms with Crippen LogP contribution in [0.1, 0.15) is 0 Å². The molecule has 0 atom stereocenters. The summed E-state index contributed by atoms with van der Waals surface area (Å²) in [6, 6.07) is 1.71. The Balaban J connectivity index is 2.32. The molecule has 0 fully saturated rings. The van der Waals surface area contributed by atoms with Crippen LogP contribution in [0.2, 0.25) is 0 Å². The molecule has 0 aliphatic rings. The van der Waals surface area contributed by atoms with Crippen LogP contribution in [0.5, 0.6) is 0 Å². The standard InChI is InChI=1S/C10H13BrN2O3/c1-15-4-5-16-7-10(14)13-9-2-3-12-6-8(9)11/h2-3,6H,4-5,7H2,1H3,(H,12,13,14). The summed E-state index contributed by atoms with van der Waals surface area (Å²) in [5.41, 5.74) is 0.676. The highest BCUT2D eigenvalue weighted by Gasteiger charge is 2.04. The molecule has 1 amide bonds. The molecule has 0 spiro atoms. The van der Waals surface area contributed by atoms with E-state index in [0.29, 0.717) is 18.9 Å². The Morgan fingerprint density at radius 1 is 1.56 bits per heavy atom. The molecule has 0 radical (unpaired) electrons. The molecule has 5 nitrogen and oxygen atoms in total. The lowest BCUT2D eigenvalue weighted by Crippen LogP contribution is -2.19. The van der Waals surface area contributed by atoms with Crippen molar-refractivity contribution in [3.8, 4) is 0 Å². The summed E-state index contributed by atoms with van der Waals surface area (Å²) < 4.78 is 10.6. The highest BCUT2D eigenvalue weighted by atomic mass is 79.9. The third-order valence-electron chi connectivity index (χ3n) is 1.71. The van der Waals surface area contributed by atoms with E-state index in [4.69, 9.17) is 9.47 Å². The third-order valence-corrected chi connectivity index (χ3v) is 2.34. The highest BCUT2D eigenvalue weighted by Crippen LogP contribution is 2.19. The van der Waals surface area contributed by atoms with Crippen molar-refractivity contribution in [2.45, 2.75) is 0 Å². The van der Waals surface area contributed by atoms with Crippen molar-refractivity contribution in [1.29, 1.82) is 0 Å². The Labute approximate surface area is 102 Å². The van der Waals surface area contributed by atoms with Crippen molar-refractivity contribution in [3.63, 3.8) is 0 Å². The van der Waals surface area contributed by atoms with Gasteiger partial charge in [0.2, 0.25) is 5.91 Å². The number of hydrogen-bond donors (Lipinski definition) is 1. The molecule has 0 aliphatic carbocycles. The second-order valence-electron chi connectivity index (χ2n) is 2.95. The van der Waals surface area contributed by atoms with Gasteiger partial charge in [-0.3, -0.25) is 9.78 Å². The topological polar surface area (TPSA) is 60.5 Å². The van der Waals surface area contributed by atoms with Crippen LogP contribution >= 0.6 is 15.9 Å². The van der Waals surface area contributed by atoms with Gasteiger partial charge >= 0.3 is 0 Å². The first-order valence-corrected chi connectivity index (χ1v) is 5.49. The zero-order valence-corrected chi connectivity index (χ0v) is 10.5. The molecule has 0 aromatic carbocycles. The van der Waals surface area contributed by atoms with Crippen LogP contribution in [-0.2, 0) is 14.3 Å². The molecule has 1 rings (SSSR count). The number of aromatic nitrogens is 1. The average molecular weight is 289 g/mol. The Kier molecular flexibility index (Phi) is 5.99. The van der Waals surface area contributed by atoms with Crippen molar-refractivity contribution in [2.24, 2.45) is 0 Å². The number of nitrogens with one attached hydrogen (secondary N) is 1. The lowest BCUT2D eigenvalue weighted by molar-refractivity contribution is -0.121. The minimum Gasteiger partial charge on any atom is -0.382 e. The summed E-state index contributed by atoms with van der Waals surface area (Å²) in [4.78, 5) is 15.3. The number of ether oxygens (including phenoxy) is 2. The van der Waals surface area contributed by atoms with Gasteiger partial charge in [0.25, 0.3) is 0 Å². The van der Waals surface area contributed by atoms with E-state index < -0.39 is 0 Å². The molecule has 1 aromatic heterocycles. The van der Waals surface area contributed by atoms with E-state index in [2.05, 4.69) is 26.2 Å². The van der Waals surface area contributed by atoms with E-state index in [0.717, 1.165) is 4.47 Å². The van der Waals surface area contributed by atoms with Crippen LogP contribution < -0.4 is 5.32 Å². The maximum absolute atomic E-state index is 11.4. The molecule has 16 heavy (non-hydrogen) atoms. The van der Waals surface area contributed by atoms with E-state index in [1.807, 2.05) is 0 Å². The summed E-state index contributed by atoms with van der Waals surface area (Å²) in [6.07, 6.45) is 3.22. The zero-order chi connectivity index (χ0) is 11.8. The molecule has 0 saturated carbocycles. The molecule has 1 N–H and O–H groups in total. The number of methoxy groups -OCH3 is 1. The largest absolute Gasteiger partial charge is 0.382 e. The minimum atomic E-state index is -0.206. The van der Waals surface area contributed by atoms with Crippen molar-refractivity contribution >= 4 is 27.5 Å². The van der Waals surface area contributed by atoms with Gasteiger partial charge < -0.3 is 14.8 Å². The summed E-state index contributed by atoms with van der Waals surface area (Å²) in [6.45, 7) is 0.895. The van der Waals surface area contributed by atoms with Crippen molar-refractivity contribution in [3.05, 3.63) is 22.9 Å². The van der Waals surface area contributed by atoms with E-state index in [1.165, 1.54) is 0 Å². The van der Waals surface area contributed by atoms with Crippen molar-refractivity contribution < 1.29 is 14.3 Å². The monoisotopic (exact) mass is 288 g/mol. The normalized spacial score (nSPS) is 10.1. The Morgan fingerprint density at radius 3 is 3.06 bits per heavy atom. The third kappa shape index (κ3) is 4.69. The van der Waals surface area contributed by atoms with E-state index in [9.17, 15) is 4.79 Å². The second kappa shape index (κ2) is 7.32. The van der Waals surface area contributed by atoms with Crippen LogP contribution in [0.25, 0.3) is 0 Å². The zero-order valence-electron chi connectivity index (χ0n) is 8.90. The first-order chi connectivity index (χ1) is 7.74. The maximum atomic E-state index is 11.4. The fourth-order valence-electron chi connectivity index (χ4n) is 0.970. The summed E-state index contributed by atoms with van der Waals surface area (Å²) in [7, 11) is 1.58. The number of amides is 1. The van der Waals surface area contributed by atoms with E-state index >= 15 is 0 Å². The van der Waals surface area contributed by atoms with Gasteiger partial charge in [0.1, 0.15) is 6.61 Å². The Bertz CT molecular complexity index is 347. The van der Waals surface area contributed by atoms with Gasteiger partial charge in [0.15, 0.2) is 0 Å². The van der Waals surface area contributed by atoms with Crippen LogP contribution in [0.4, 0.5) is 5.69 Å². The van der Waals surface area contributed by atoms with Gasteiger partial charge in [-0.25, -0.2) is 0 Å². The molecule has 1 heterocycles. The second-order valence-corrected chi connectivity index (χ2v) is 3.80. The molecule has 0 unspecified atom stereocenters. The number of carbonyl (C=O) groups is 1. The minimum absolute atomic E-state index is 0.0120. The number of hydrogen-bond acceptors (Lipinski definition) is 4. The van der Waals surface area contributed by atoms with Crippen LogP contribution in [0.15, 0.2) is 22.9 Å². The number of carbonyl (C=O) groups excluding carboxylic acids is 1. The van der Waals surface area contributed by atoms with Gasteiger partial charge in [0.05, 0.1) is 23.4 Å². The molecule has 88 valence electrons. The molecular weight excluding hydrogens is 276 g/mol. The van der Waals surface area contributed by atoms with Crippen LogP contribution in [0.3, 0.4) is 0 Å². The van der Waals surface area contributed by atoms with Gasteiger partial charge in [-0.1, -0.05) is 0 Å². The van der Waals surface area contributed by atoms with Crippen LogP contribution in [-0.4, -0.2) is 37.8 Å². The highest BCUT2D eigenvalue weighted by molar-refractivity contribution is 9.10. The molecule has 0 saturated heterocycles. The molecular formula is C10H13BrN2O3. The number of anilines is 1. The maximum Gasteiger partial charge on any atom is 0.250 e. The molecule has 0 bridgehead atoms. The fraction of sp³-hybridized carbons (Fsp3) is 0.400. The Morgan fingerprint density at radius 2 is 2.38 bits per heavy atom. The quantitative estimate of drug-likeness (QED) is 0.805. The summed E-state index contributed by atoms with van der Waals surface area (Å²) >= 11 is 3.28. The van der Waals surface area contributed by atoms with E-state index in [-0.39, 0.29) is 12.5 Å². The SMILES string of the molecule is COCCOCC(=O)Nc1ccncc1Br. The number of pyridine rings is 1. The molecule has 1 aromatic rings. The number of halogens is 1. The number of rotatable bonds is 6. The fourth-order valence-corrected chi connectivity index (χ4v) is 1.32. The predicted octanol–water partition coefficient (Wildman–Crippen LogP) is 1.45. The van der Waals surface area contributed by atoms with Crippen LogP contribution in [0, 0.1) is 0 Å². The lowest BCUT2D eigenvalue weighted by Gasteiger charge is -2.07. The summed E-state index contributed by atoms with van der Waals surface area (Å²) in [5, 5.41) is 2.70. The van der Waals surface area contributed by atoms with Crippen molar-refractivity contribution in [1.82, 2.24) is 4.98 Å². The number of nitrogens with zero attached hydrogens (tertiary/aromatic N) is 1. The van der Waals surface area contributed by atoms with E-state index in [1.54, 1.807) is 25.6 Å².